The highest BCUT2D eigenvalue weighted by molar-refractivity contribution is 9.10. The molecule has 1 rings (SSSR count). The molecule has 0 heterocycles. The van der Waals surface area contributed by atoms with Crippen molar-refractivity contribution in [1.29, 1.82) is 0 Å². The average molecular weight is 348 g/mol. The lowest BCUT2D eigenvalue weighted by molar-refractivity contribution is 0.352. The van der Waals surface area contributed by atoms with Crippen LogP contribution in [-0.4, -0.2) is 32.3 Å². The Morgan fingerprint density at radius 1 is 1.32 bits per heavy atom. The summed E-state index contributed by atoms with van der Waals surface area (Å²) in [5, 5.41) is 4.15. The number of nitrogens with one attached hydrogen (secondary N) is 1. The van der Waals surface area contributed by atoms with Gasteiger partial charge in [0.15, 0.2) is 11.5 Å². The van der Waals surface area contributed by atoms with E-state index in [-0.39, 0.29) is 0 Å². The minimum atomic E-state index is 0.699. The van der Waals surface area contributed by atoms with Crippen molar-refractivity contribution in [2.24, 2.45) is 0 Å². The molecule has 19 heavy (non-hydrogen) atoms. The lowest BCUT2D eigenvalue weighted by Gasteiger charge is -2.13. The fourth-order valence-electron chi connectivity index (χ4n) is 1.73. The quantitative estimate of drug-likeness (QED) is 0.726. The molecule has 0 saturated carbocycles. The molecule has 0 radical (unpaired) electrons. The van der Waals surface area contributed by atoms with E-state index in [1.54, 1.807) is 14.2 Å². The van der Waals surface area contributed by atoms with E-state index in [0.29, 0.717) is 5.25 Å². The number of ether oxygens (including phenoxy) is 2. The molecule has 0 spiro atoms. The highest BCUT2D eigenvalue weighted by Crippen LogP contribution is 2.36. The topological polar surface area (TPSA) is 30.5 Å². The SMILES string of the molecule is COc1cc(CNCCC(C)SC)cc(Br)c1OC. The van der Waals surface area contributed by atoms with Crippen LogP contribution in [0.1, 0.15) is 18.9 Å². The Hall–Kier alpha value is -0.390. The maximum absolute atomic E-state index is 5.33. The molecule has 0 amide bonds. The van der Waals surface area contributed by atoms with E-state index in [1.807, 2.05) is 17.8 Å². The van der Waals surface area contributed by atoms with Gasteiger partial charge in [-0.05, 0) is 52.8 Å². The lowest BCUT2D eigenvalue weighted by Crippen LogP contribution is -2.17. The second-order valence-electron chi connectivity index (χ2n) is 4.32. The van der Waals surface area contributed by atoms with E-state index >= 15 is 0 Å². The summed E-state index contributed by atoms with van der Waals surface area (Å²) in [6.45, 7) is 4.10. The van der Waals surface area contributed by atoms with E-state index in [4.69, 9.17) is 9.47 Å². The van der Waals surface area contributed by atoms with Gasteiger partial charge in [0, 0.05) is 11.8 Å². The van der Waals surface area contributed by atoms with Crippen LogP contribution in [0.25, 0.3) is 0 Å². The summed E-state index contributed by atoms with van der Waals surface area (Å²) >= 11 is 5.41. The van der Waals surface area contributed by atoms with Crippen LogP contribution in [0.5, 0.6) is 11.5 Å². The van der Waals surface area contributed by atoms with Gasteiger partial charge in [-0.2, -0.15) is 11.8 Å². The van der Waals surface area contributed by atoms with E-state index in [1.165, 1.54) is 12.0 Å². The summed E-state index contributed by atoms with van der Waals surface area (Å²) in [5.41, 5.74) is 1.18. The molecule has 1 aromatic carbocycles. The van der Waals surface area contributed by atoms with Crippen LogP contribution in [0.15, 0.2) is 16.6 Å². The van der Waals surface area contributed by atoms with Crippen molar-refractivity contribution in [3.05, 3.63) is 22.2 Å². The molecule has 1 aromatic rings. The van der Waals surface area contributed by atoms with Gasteiger partial charge >= 0.3 is 0 Å². The molecule has 3 nitrogen and oxygen atoms in total. The van der Waals surface area contributed by atoms with Crippen molar-refractivity contribution in [3.8, 4) is 11.5 Å². The lowest BCUT2D eigenvalue weighted by atomic mass is 10.2. The molecular formula is C14H22BrNO2S. The molecule has 5 heteroatoms. The normalized spacial score (nSPS) is 12.3. The van der Waals surface area contributed by atoms with Crippen molar-refractivity contribution in [2.75, 3.05) is 27.0 Å². The third-order valence-electron chi connectivity index (χ3n) is 2.95. The van der Waals surface area contributed by atoms with Gasteiger partial charge in [-0.25, -0.2) is 0 Å². The van der Waals surface area contributed by atoms with Gasteiger partial charge < -0.3 is 14.8 Å². The minimum absolute atomic E-state index is 0.699. The second-order valence-corrected chi connectivity index (χ2v) is 6.46. The van der Waals surface area contributed by atoms with Crippen molar-refractivity contribution in [1.82, 2.24) is 5.32 Å². The Bertz CT molecular complexity index is 401. The van der Waals surface area contributed by atoms with Crippen molar-refractivity contribution in [2.45, 2.75) is 25.1 Å². The summed E-state index contributed by atoms with van der Waals surface area (Å²) in [4.78, 5) is 0. The Kier molecular flexibility index (Phi) is 7.64. The largest absolute Gasteiger partial charge is 0.493 e. The van der Waals surface area contributed by atoms with Crippen molar-refractivity contribution in [3.63, 3.8) is 0 Å². The van der Waals surface area contributed by atoms with Crippen LogP contribution in [0.4, 0.5) is 0 Å². The number of halogens is 1. The van der Waals surface area contributed by atoms with Crippen LogP contribution in [-0.2, 0) is 6.54 Å². The van der Waals surface area contributed by atoms with E-state index in [0.717, 1.165) is 29.1 Å². The Morgan fingerprint density at radius 2 is 2.05 bits per heavy atom. The van der Waals surface area contributed by atoms with E-state index in [2.05, 4.69) is 40.5 Å². The van der Waals surface area contributed by atoms with Crippen LogP contribution in [0, 0.1) is 0 Å². The van der Waals surface area contributed by atoms with Gasteiger partial charge in [-0.1, -0.05) is 6.92 Å². The van der Waals surface area contributed by atoms with E-state index < -0.39 is 0 Å². The minimum Gasteiger partial charge on any atom is -0.493 e. The molecule has 0 aliphatic carbocycles. The highest BCUT2D eigenvalue weighted by atomic mass is 79.9. The zero-order valence-electron chi connectivity index (χ0n) is 12.0. The highest BCUT2D eigenvalue weighted by Gasteiger charge is 2.10. The first-order valence-corrected chi connectivity index (χ1v) is 8.34. The molecule has 0 aliphatic rings. The van der Waals surface area contributed by atoms with Gasteiger partial charge in [-0.3, -0.25) is 0 Å². The average Bonchev–Trinajstić information content (AvgIpc) is 2.42. The summed E-state index contributed by atoms with van der Waals surface area (Å²) in [6, 6.07) is 4.07. The standard InChI is InChI=1S/C14H22BrNO2S/c1-10(19-4)5-6-16-9-11-7-12(15)14(18-3)13(8-11)17-2/h7-8,10,16H,5-6,9H2,1-4H3. The predicted molar refractivity (Wildman–Crippen MR) is 86.5 cm³/mol. The summed E-state index contributed by atoms with van der Waals surface area (Å²) in [5.74, 6) is 1.49. The summed E-state index contributed by atoms with van der Waals surface area (Å²) in [6.07, 6.45) is 3.33. The molecule has 0 aromatic heterocycles. The molecule has 1 atom stereocenters. The van der Waals surface area contributed by atoms with E-state index in [9.17, 15) is 0 Å². The fourth-order valence-corrected chi connectivity index (χ4v) is 2.73. The van der Waals surface area contributed by atoms with Gasteiger partial charge in [0.1, 0.15) is 0 Å². The smallest absolute Gasteiger partial charge is 0.174 e. The first-order valence-electron chi connectivity index (χ1n) is 6.26. The number of benzene rings is 1. The number of methoxy groups -OCH3 is 2. The van der Waals surface area contributed by atoms with Crippen LogP contribution < -0.4 is 14.8 Å². The molecule has 1 unspecified atom stereocenters. The van der Waals surface area contributed by atoms with Crippen LogP contribution in [0.2, 0.25) is 0 Å². The maximum Gasteiger partial charge on any atom is 0.174 e. The first-order chi connectivity index (χ1) is 9.12. The molecule has 0 aliphatic heterocycles. The van der Waals surface area contributed by atoms with Gasteiger partial charge in [0.25, 0.3) is 0 Å². The zero-order valence-corrected chi connectivity index (χ0v) is 14.4. The van der Waals surface area contributed by atoms with Gasteiger partial charge in [-0.15, -0.1) is 0 Å². The molecular weight excluding hydrogens is 326 g/mol. The Labute approximate surface area is 128 Å². The molecule has 1 N–H and O–H groups in total. The van der Waals surface area contributed by atoms with Crippen molar-refractivity contribution >= 4 is 27.7 Å². The number of hydrogen-bond acceptors (Lipinski definition) is 4. The molecule has 108 valence electrons. The van der Waals surface area contributed by atoms with Crippen LogP contribution in [0.3, 0.4) is 0 Å². The van der Waals surface area contributed by atoms with Gasteiger partial charge in [0.2, 0.25) is 0 Å². The molecule has 0 fully saturated rings. The second kappa shape index (κ2) is 8.72. The Morgan fingerprint density at radius 3 is 2.63 bits per heavy atom. The number of thioether (sulfide) groups is 1. The predicted octanol–water partition coefficient (Wildman–Crippen LogP) is 3.70. The Balaban J connectivity index is 2.57. The number of rotatable bonds is 8. The zero-order chi connectivity index (χ0) is 14.3. The molecule has 0 bridgehead atoms. The monoisotopic (exact) mass is 347 g/mol. The molecule has 0 saturated heterocycles. The van der Waals surface area contributed by atoms with Crippen molar-refractivity contribution < 1.29 is 9.47 Å². The van der Waals surface area contributed by atoms with Crippen LogP contribution >= 0.6 is 27.7 Å². The summed E-state index contributed by atoms with van der Waals surface area (Å²) in [7, 11) is 3.30. The maximum atomic E-state index is 5.33. The van der Waals surface area contributed by atoms with Gasteiger partial charge in [0.05, 0.1) is 18.7 Å². The fraction of sp³-hybridized carbons (Fsp3) is 0.571. The first kappa shape index (κ1) is 16.7. The summed E-state index contributed by atoms with van der Waals surface area (Å²) < 4.78 is 11.6. The third kappa shape index (κ3) is 5.24. The number of hydrogen-bond donors (Lipinski definition) is 1. The third-order valence-corrected chi connectivity index (χ3v) is 4.58.